The van der Waals surface area contributed by atoms with Crippen LogP contribution in [-0.2, 0) is 23.9 Å². The standard InChI is InChI=1S/C28H45N3O6/c1-10-31(26(34)22(16-18(3)4)30-27(35)37-28(7,8)9)24(21-17-19(5)12-13-20(21)6)25(33)29-15-14-23(32)36-11-2/h12-13,17-18,22,24H,10-11,14-16H2,1-9H3,(H,29,33)(H,30,35). The molecule has 208 valence electrons. The first kappa shape index (κ1) is 31.9. The normalized spacial score (nSPS) is 12.9. The van der Waals surface area contributed by atoms with E-state index in [4.69, 9.17) is 9.47 Å². The van der Waals surface area contributed by atoms with E-state index in [9.17, 15) is 19.2 Å². The number of amides is 3. The highest BCUT2D eigenvalue weighted by Gasteiger charge is 2.36. The molecule has 0 aliphatic rings. The van der Waals surface area contributed by atoms with Crippen LogP contribution in [0, 0.1) is 19.8 Å². The van der Waals surface area contributed by atoms with Crippen LogP contribution in [-0.4, -0.2) is 60.1 Å². The van der Waals surface area contributed by atoms with Crippen molar-refractivity contribution in [1.29, 1.82) is 0 Å². The topological polar surface area (TPSA) is 114 Å². The van der Waals surface area contributed by atoms with Crippen molar-refractivity contribution in [3.05, 3.63) is 34.9 Å². The van der Waals surface area contributed by atoms with Gasteiger partial charge in [-0.25, -0.2) is 4.79 Å². The molecule has 2 N–H and O–H groups in total. The Morgan fingerprint density at radius 2 is 1.70 bits per heavy atom. The van der Waals surface area contributed by atoms with Gasteiger partial charge in [0.2, 0.25) is 11.8 Å². The number of hydrogen-bond donors (Lipinski definition) is 2. The lowest BCUT2D eigenvalue weighted by Gasteiger charge is -2.35. The molecule has 1 aromatic rings. The van der Waals surface area contributed by atoms with Gasteiger partial charge in [0.05, 0.1) is 13.0 Å². The molecule has 0 aromatic heterocycles. The number of likely N-dealkylation sites (N-methyl/N-ethyl adjacent to an activating group) is 1. The quantitative estimate of drug-likeness (QED) is 0.400. The summed E-state index contributed by atoms with van der Waals surface area (Å²) in [6.07, 6.45) is -0.293. The van der Waals surface area contributed by atoms with Crippen LogP contribution >= 0.6 is 0 Å². The SMILES string of the molecule is CCOC(=O)CCNC(=O)C(c1cc(C)ccc1C)N(CC)C(=O)C(CC(C)C)NC(=O)OC(C)(C)C. The molecule has 0 aliphatic carbocycles. The van der Waals surface area contributed by atoms with Crippen molar-refractivity contribution in [2.24, 2.45) is 5.92 Å². The van der Waals surface area contributed by atoms with Crippen LogP contribution in [0.3, 0.4) is 0 Å². The fraction of sp³-hybridized carbons (Fsp3) is 0.643. The maximum Gasteiger partial charge on any atom is 0.408 e. The van der Waals surface area contributed by atoms with Gasteiger partial charge in [-0.05, 0) is 71.9 Å². The molecule has 2 unspecified atom stereocenters. The predicted octanol–water partition coefficient (Wildman–Crippen LogP) is 4.20. The van der Waals surface area contributed by atoms with Crippen LogP contribution in [0.4, 0.5) is 4.79 Å². The van der Waals surface area contributed by atoms with E-state index in [-0.39, 0.29) is 37.9 Å². The Hall–Kier alpha value is -3.10. The van der Waals surface area contributed by atoms with E-state index in [1.807, 2.05) is 45.9 Å². The molecule has 0 fully saturated rings. The Balaban J connectivity index is 3.36. The lowest BCUT2D eigenvalue weighted by atomic mass is 9.95. The number of hydrogen-bond acceptors (Lipinski definition) is 6. The summed E-state index contributed by atoms with van der Waals surface area (Å²) >= 11 is 0. The highest BCUT2D eigenvalue weighted by Crippen LogP contribution is 2.27. The van der Waals surface area contributed by atoms with Gasteiger partial charge in [0, 0.05) is 13.1 Å². The van der Waals surface area contributed by atoms with E-state index >= 15 is 0 Å². The molecule has 2 atom stereocenters. The van der Waals surface area contributed by atoms with Gasteiger partial charge in [0.25, 0.3) is 0 Å². The fourth-order valence-electron chi connectivity index (χ4n) is 3.93. The molecule has 0 saturated carbocycles. The van der Waals surface area contributed by atoms with Crippen molar-refractivity contribution in [2.45, 2.75) is 92.8 Å². The lowest BCUT2D eigenvalue weighted by Crippen LogP contribution is -2.53. The molecule has 9 nitrogen and oxygen atoms in total. The molecule has 0 aliphatic heterocycles. The molecule has 37 heavy (non-hydrogen) atoms. The number of nitrogens with zero attached hydrogens (tertiary/aromatic N) is 1. The second-order valence-corrected chi connectivity index (χ2v) is 10.6. The lowest BCUT2D eigenvalue weighted by molar-refractivity contribution is -0.144. The first-order chi connectivity index (χ1) is 17.2. The summed E-state index contributed by atoms with van der Waals surface area (Å²) in [7, 11) is 0. The second-order valence-electron chi connectivity index (χ2n) is 10.6. The van der Waals surface area contributed by atoms with Crippen LogP contribution < -0.4 is 10.6 Å². The molecule has 0 spiro atoms. The van der Waals surface area contributed by atoms with Gasteiger partial charge >= 0.3 is 12.1 Å². The van der Waals surface area contributed by atoms with Crippen molar-refractivity contribution >= 4 is 23.9 Å². The van der Waals surface area contributed by atoms with Gasteiger partial charge in [-0.1, -0.05) is 37.6 Å². The average Bonchev–Trinajstić information content (AvgIpc) is 2.76. The summed E-state index contributed by atoms with van der Waals surface area (Å²) in [4.78, 5) is 53.2. The average molecular weight is 520 g/mol. The number of alkyl carbamates (subject to hydrolysis) is 1. The van der Waals surface area contributed by atoms with Gasteiger partial charge in [0.1, 0.15) is 17.7 Å². The summed E-state index contributed by atoms with van der Waals surface area (Å²) in [5.74, 6) is -1.10. The molecule has 0 bridgehead atoms. The fourth-order valence-corrected chi connectivity index (χ4v) is 3.93. The summed E-state index contributed by atoms with van der Waals surface area (Å²) in [5, 5.41) is 5.51. The largest absolute Gasteiger partial charge is 0.466 e. The first-order valence-corrected chi connectivity index (χ1v) is 13.0. The molecule has 1 aromatic carbocycles. The Morgan fingerprint density at radius 3 is 2.24 bits per heavy atom. The number of aryl methyl sites for hydroxylation is 2. The van der Waals surface area contributed by atoms with E-state index in [2.05, 4.69) is 10.6 Å². The summed E-state index contributed by atoms with van der Waals surface area (Å²) < 4.78 is 10.3. The Labute approximate surface area is 221 Å². The molecule has 9 heteroatoms. The molecule has 3 amide bonds. The highest BCUT2D eigenvalue weighted by atomic mass is 16.6. The predicted molar refractivity (Wildman–Crippen MR) is 143 cm³/mol. The zero-order valence-electron chi connectivity index (χ0n) is 23.9. The molecular weight excluding hydrogens is 474 g/mol. The van der Waals surface area contributed by atoms with E-state index < -0.39 is 35.7 Å². The van der Waals surface area contributed by atoms with Crippen molar-refractivity contribution < 1.29 is 28.7 Å². The van der Waals surface area contributed by atoms with Gasteiger partial charge < -0.3 is 25.0 Å². The van der Waals surface area contributed by atoms with E-state index in [1.165, 1.54) is 4.90 Å². The molecule has 0 saturated heterocycles. The number of nitrogens with one attached hydrogen (secondary N) is 2. The molecular formula is C28H45N3O6. The molecule has 0 heterocycles. The zero-order chi connectivity index (χ0) is 28.3. The summed E-state index contributed by atoms with van der Waals surface area (Å²) in [6.45, 7) is 17.1. The van der Waals surface area contributed by atoms with Gasteiger partial charge in [-0.3, -0.25) is 14.4 Å². The maximum atomic E-state index is 13.9. The van der Waals surface area contributed by atoms with Crippen molar-refractivity contribution in [1.82, 2.24) is 15.5 Å². The Morgan fingerprint density at radius 1 is 1.05 bits per heavy atom. The van der Waals surface area contributed by atoms with Gasteiger partial charge in [-0.15, -0.1) is 0 Å². The third-order valence-electron chi connectivity index (χ3n) is 5.54. The minimum Gasteiger partial charge on any atom is -0.466 e. The monoisotopic (exact) mass is 519 g/mol. The Bertz CT molecular complexity index is 938. The van der Waals surface area contributed by atoms with Crippen molar-refractivity contribution in [2.75, 3.05) is 19.7 Å². The van der Waals surface area contributed by atoms with E-state index in [0.29, 0.717) is 12.0 Å². The van der Waals surface area contributed by atoms with Crippen molar-refractivity contribution in [3.63, 3.8) is 0 Å². The third-order valence-corrected chi connectivity index (χ3v) is 5.54. The number of carbonyl (C=O) groups excluding carboxylic acids is 4. The zero-order valence-corrected chi connectivity index (χ0v) is 23.9. The van der Waals surface area contributed by atoms with Crippen molar-refractivity contribution in [3.8, 4) is 0 Å². The summed E-state index contributed by atoms with van der Waals surface area (Å²) in [5.41, 5.74) is 1.76. The smallest absolute Gasteiger partial charge is 0.408 e. The Kier molecular flexibility index (Phi) is 12.6. The van der Waals surface area contributed by atoms with Crippen LogP contribution in [0.15, 0.2) is 18.2 Å². The first-order valence-electron chi connectivity index (χ1n) is 13.0. The maximum absolute atomic E-state index is 13.9. The minimum atomic E-state index is -0.949. The number of rotatable bonds is 12. The van der Waals surface area contributed by atoms with Crippen LogP contribution in [0.25, 0.3) is 0 Å². The van der Waals surface area contributed by atoms with Gasteiger partial charge in [-0.2, -0.15) is 0 Å². The van der Waals surface area contributed by atoms with E-state index in [0.717, 1.165) is 11.1 Å². The van der Waals surface area contributed by atoms with Crippen LogP contribution in [0.1, 0.15) is 84.0 Å². The number of benzene rings is 1. The number of ether oxygens (including phenoxy) is 2. The highest BCUT2D eigenvalue weighted by molar-refractivity contribution is 5.92. The van der Waals surface area contributed by atoms with Crippen LogP contribution in [0.5, 0.6) is 0 Å². The minimum absolute atomic E-state index is 0.0232. The third kappa shape index (κ3) is 10.8. The number of carbonyl (C=O) groups is 4. The van der Waals surface area contributed by atoms with Crippen LogP contribution in [0.2, 0.25) is 0 Å². The number of esters is 1. The molecule has 1 rings (SSSR count). The second kappa shape index (κ2) is 14.6. The van der Waals surface area contributed by atoms with E-state index in [1.54, 1.807) is 34.6 Å². The molecule has 0 radical (unpaired) electrons. The van der Waals surface area contributed by atoms with Gasteiger partial charge in [0.15, 0.2) is 0 Å². The summed E-state index contributed by atoms with van der Waals surface area (Å²) in [6, 6.07) is 3.91.